The Morgan fingerprint density at radius 1 is 1.26 bits per heavy atom. The summed E-state index contributed by atoms with van der Waals surface area (Å²) in [5, 5.41) is 10.8. The molecule has 0 aliphatic carbocycles. The molecule has 0 aliphatic heterocycles. The molecule has 6 heteroatoms. The molecule has 0 unspecified atom stereocenters. The standard InChI is InChI=1S/C13H17NO4S/c1-9(2)19-13-8-11(17-3)10(5-6-14(15)16)7-12(13)18-4/h5-9H,1-4H3/b6-5+. The predicted octanol–water partition coefficient (Wildman–Crippen LogP) is 3.45. The number of nitro groups is 1. The van der Waals surface area contributed by atoms with Crippen molar-refractivity contribution in [1.29, 1.82) is 0 Å². The van der Waals surface area contributed by atoms with E-state index in [0.717, 1.165) is 11.1 Å². The Balaban J connectivity index is 3.22. The molecule has 0 fully saturated rings. The lowest BCUT2D eigenvalue weighted by atomic mass is 10.2. The van der Waals surface area contributed by atoms with E-state index in [1.54, 1.807) is 24.9 Å². The number of ether oxygens (including phenoxy) is 2. The summed E-state index contributed by atoms with van der Waals surface area (Å²) < 4.78 is 10.6. The number of hydrogen-bond donors (Lipinski definition) is 0. The molecule has 0 aliphatic rings. The average molecular weight is 283 g/mol. The largest absolute Gasteiger partial charge is 0.496 e. The van der Waals surface area contributed by atoms with Crippen molar-refractivity contribution in [2.24, 2.45) is 0 Å². The van der Waals surface area contributed by atoms with Crippen molar-refractivity contribution in [3.63, 3.8) is 0 Å². The molecule has 104 valence electrons. The average Bonchev–Trinajstić information content (AvgIpc) is 2.35. The Kier molecular flexibility index (Phi) is 5.69. The summed E-state index contributed by atoms with van der Waals surface area (Å²) in [6.07, 6.45) is 2.28. The molecule has 19 heavy (non-hydrogen) atoms. The van der Waals surface area contributed by atoms with Gasteiger partial charge >= 0.3 is 0 Å². The SMILES string of the molecule is COc1cc(SC(C)C)c(OC)cc1/C=C/[N+](=O)[O-]. The highest BCUT2D eigenvalue weighted by Gasteiger charge is 2.12. The Morgan fingerprint density at radius 3 is 2.37 bits per heavy atom. The molecule has 0 amide bonds. The van der Waals surface area contributed by atoms with Gasteiger partial charge in [-0.1, -0.05) is 13.8 Å². The maximum absolute atomic E-state index is 10.4. The fourth-order valence-corrected chi connectivity index (χ4v) is 2.45. The molecule has 1 rings (SSSR count). The Morgan fingerprint density at radius 2 is 1.89 bits per heavy atom. The van der Waals surface area contributed by atoms with Crippen molar-refractivity contribution >= 4 is 17.8 Å². The molecule has 0 atom stereocenters. The topological polar surface area (TPSA) is 61.6 Å². The van der Waals surface area contributed by atoms with Gasteiger partial charge in [0, 0.05) is 16.9 Å². The fourth-order valence-electron chi connectivity index (χ4n) is 1.51. The van der Waals surface area contributed by atoms with Gasteiger partial charge in [-0.2, -0.15) is 0 Å². The van der Waals surface area contributed by atoms with Crippen LogP contribution in [0.2, 0.25) is 0 Å². The number of rotatable bonds is 6. The van der Waals surface area contributed by atoms with Crippen LogP contribution in [0.3, 0.4) is 0 Å². The van der Waals surface area contributed by atoms with Crippen molar-refractivity contribution in [2.45, 2.75) is 24.0 Å². The molecular formula is C13H17NO4S. The number of methoxy groups -OCH3 is 2. The summed E-state index contributed by atoms with van der Waals surface area (Å²) in [5.41, 5.74) is 0.615. The fraction of sp³-hybridized carbons (Fsp3) is 0.385. The van der Waals surface area contributed by atoms with Crippen LogP contribution in [0.4, 0.5) is 0 Å². The van der Waals surface area contributed by atoms with E-state index in [0.29, 0.717) is 22.3 Å². The first kappa shape index (κ1) is 15.4. The van der Waals surface area contributed by atoms with Crippen molar-refractivity contribution in [3.05, 3.63) is 34.0 Å². The van der Waals surface area contributed by atoms with Crippen LogP contribution in [-0.4, -0.2) is 24.4 Å². The van der Waals surface area contributed by atoms with Gasteiger partial charge in [0.05, 0.1) is 24.0 Å². The van der Waals surface area contributed by atoms with Crippen LogP contribution in [0.5, 0.6) is 11.5 Å². The van der Waals surface area contributed by atoms with Crippen molar-refractivity contribution in [3.8, 4) is 11.5 Å². The quantitative estimate of drug-likeness (QED) is 0.454. The molecule has 0 bridgehead atoms. The predicted molar refractivity (Wildman–Crippen MR) is 76.6 cm³/mol. The zero-order valence-electron chi connectivity index (χ0n) is 11.4. The highest BCUT2D eigenvalue weighted by molar-refractivity contribution is 8.00. The molecule has 0 saturated carbocycles. The van der Waals surface area contributed by atoms with Gasteiger partial charge in [-0.05, 0) is 12.1 Å². The number of benzene rings is 1. The third kappa shape index (κ3) is 4.48. The van der Waals surface area contributed by atoms with E-state index in [2.05, 4.69) is 13.8 Å². The van der Waals surface area contributed by atoms with E-state index in [1.165, 1.54) is 13.2 Å². The summed E-state index contributed by atoms with van der Waals surface area (Å²) in [5.74, 6) is 1.27. The minimum atomic E-state index is -0.511. The summed E-state index contributed by atoms with van der Waals surface area (Å²) in [7, 11) is 3.11. The lowest BCUT2D eigenvalue weighted by Crippen LogP contribution is -1.95. The van der Waals surface area contributed by atoms with Crippen LogP contribution < -0.4 is 9.47 Å². The van der Waals surface area contributed by atoms with Crippen LogP contribution in [0.15, 0.2) is 23.2 Å². The second kappa shape index (κ2) is 7.04. The number of thioether (sulfide) groups is 1. The summed E-state index contributed by atoms with van der Waals surface area (Å²) in [6, 6.07) is 3.58. The van der Waals surface area contributed by atoms with E-state index in [-0.39, 0.29) is 0 Å². The van der Waals surface area contributed by atoms with Gasteiger partial charge in [0.1, 0.15) is 11.5 Å². The maximum Gasteiger partial charge on any atom is 0.235 e. The number of hydrogen-bond acceptors (Lipinski definition) is 5. The van der Waals surface area contributed by atoms with Crippen LogP contribution in [0.1, 0.15) is 19.4 Å². The van der Waals surface area contributed by atoms with Crippen molar-refractivity contribution in [1.82, 2.24) is 0 Å². The molecule has 0 heterocycles. The number of nitrogens with zero attached hydrogens (tertiary/aromatic N) is 1. The molecule has 0 saturated heterocycles. The lowest BCUT2D eigenvalue weighted by Gasteiger charge is -2.14. The highest BCUT2D eigenvalue weighted by Crippen LogP contribution is 2.37. The third-order valence-corrected chi connectivity index (χ3v) is 3.30. The van der Waals surface area contributed by atoms with Crippen molar-refractivity contribution < 1.29 is 14.4 Å². The van der Waals surface area contributed by atoms with Gasteiger partial charge in [-0.15, -0.1) is 11.8 Å². The zero-order valence-corrected chi connectivity index (χ0v) is 12.2. The van der Waals surface area contributed by atoms with Crippen LogP contribution in [0, 0.1) is 10.1 Å². The molecule has 1 aromatic carbocycles. The second-order valence-electron chi connectivity index (χ2n) is 4.01. The smallest absolute Gasteiger partial charge is 0.235 e. The van der Waals surface area contributed by atoms with E-state index in [1.807, 2.05) is 6.07 Å². The normalized spacial score (nSPS) is 11.0. The van der Waals surface area contributed by atoms with E-state index in [9.17, 15) is 10.1 Å². The molecule has 1 aromatic rings. The Bertz CT molecular complexity index is 486. The van der Waals surface area contributed by atoms with Crippen molar-refractivity contribution in [2.75, 3.05) is 14.2 Å². The minimum Gasteiger partial charge on any atom is -0.496 e. The summed E-state index contributed by atoms with van der Waals surface area (Å²) in [4.78, 5) is 10.8. The van der Waals surface area contributed by atoms with Gasteiger partial charge in [-0.3, -0.25) is 10.1 Å². The zero-order chi connectivity index (χ0) is 14.4. The van der Waals surface area contributed by atoms with Gasteiger partial charge in [-0.25, -0.2) is 0 Å². The Labute approximate surface area is 116 Å². The molecule has 0 radical (unpaired) electrons. The first-order valence-corrected chi connectivity index (χ1v) is 6.60. The Hall–Kier alpha value is -1.69. The first-order valence-electron chi connectivity index (χ1n) is 5.72. The first-order chi connectivity index (χ1) is 8.97. The molecule has 0 spiro atoms. The monoisotopic (exact) mass is 283 g/mol. The van der Waals surface area contributed by atoms with E-state index < -0.39 is 4.92 Å². The lowest BCUT2D eigenvalue weighted by molar-refractivity contribution is -0.400. The third-order valence-electron chi connectivity index (χ3n) is 2.25. The van der Waals surface area contributed by atoms with Crippen LogP contribution in [0.25, 0.3) is 6.08 Å². The molecule has 5 nitrogen and oxygen atoms in total. The van der Waals surface area contributed by atoms with Gasteiger partial charge in [0.25, 0.3) is 0 Å². The van der Waals surface area contributed by atoms with Gasteiger partial charge in [0.15, 0.2) is 0 Å². The van der Waals surface area contributed by atoms with E-state index in [4.69, 9.17) is 9.47 Å². The van der Waals surface area contributed by atoms with Gasteiger partial charge in [0.2, 0.25) is 6.20 Å². The van der Waals surface area contributed by atoms with Gasteiger partial charge < -0.3 is 9.47 Å². The summed E-state index contributed by atoms with van der Waals surface area (Å²) >= 11 is 1.65. The second-order valence-corrected chi connectivity index (χ2v) is 5.63. The highest BCUT2D eigenvalue weighted by atomic mass is 32.2. The van der Waals surface area contributed by atoms with Crippen LogP contribution in [-0.2, 0) is 0 Å². The molecule has 0 N–H and O–H groups in total. The summed E-state index contributed by atoms with van der Waals surface area (Å²) in [6.45, 7) is 4.16. The molecule has 0 aromatic heterocycles. The van der Waals surface area contributed by atoms with E-state index >= 15 is 0 Å². The maximum atomic E-state index is 10.4. The van der Waals surface area contributed by atoms with Crippen LogP contribution >= 0.6 is 11.8 Å². The molecular weight excluding hydrogens is 266 g/mol. The minimum absolute atomic E-state index is 0.402.